The molecule has 1 heterocycles. The molecule has 1 aliphatic rings. The molecule has 48 valence electrons. The number of allylic oxidation sites excluding steroid dienone is 1. The summed E-state index contributed by atoms with van der Waals surface area (Å²) in [6.07, 6.45) is -0.445. The summed E-state index contributed by atoms with van der Waals surface area (Å²) < 4.78 is 24.0. The molecule has 1 unspecified atom stereocenters. The lowest BCUT2D eigenvalue weighted by Gasteiger charge is -2.00. The van der Waals surface area contributed by atoms with Crippen LogP contribution in [0.4, 0.5) is 8.78 Å². The van der Waals surface area contributed by atoms with Gasteiger partial charge in [-0.05, 0) is 0 Å². The van der Waals surface area contributed by atoms with E-state index in [1.165, 1.54) is 0 Å². The number of ketones is 1. The van der Waals surface area contributed by atoms with Crippen molar-refractivity contribution in [3.8, 4) is 0 Å². The Balaban J connectivity index is 2.86. The van der Waals surface area contributed by atoms with Gasteiger partial charge in [0.15, 0.2) is 5.83 Å². The Morgan fingerprint density at radius 3 is 2.78 bits per heavy atom. The molecule has 0 N–H and O–H groups in total. The van der Waals surface area contributed by atoms with Crippen LogP contribution in [0, 0.1) is 0 Å². The third kappa shape index (κ3) is 1.01. The van der Waals surface area contributed by atoms with Crippen LogP contribution in [0.2, 0.25) is 0 Å². The van der Waals surface area contributed by atoms with Crippen molar-refractivity contribution in [1.29, 1.82) is 0 Å². The second kappa shape index (κ2) is 2.05. The topological polar surface area (TPSA) is 29.4 Å². The Morgan fingerprint density at radius 2 is 2.33 bits per heavy atom. The fraction of sp³-hybridized carbons (Fsp3) is 0.200. The predicted molar refractivity (Wildman–Crippen MR) is 27.6 cm³/mol. The van der Waals surface area contributed by atoms with Crippen LogP contribution in [-0.2, 0) is 4.79 Å². The van der Waals surface area contributed by atoms with E-state index in [1.54, 1.807) is 0 Å². The van der Waals surface area contributed by atoms with Crippen LogP contribution in [-0.4, -0.2) is 18.2 Å². The third-order valence-corrected chi connectivity index (χ3v) is 0.891. The van der Waals surface area contributed by atoms with Crippen molar-refractivity contribution in [1.82, 2.24) is 0 Å². The van der Waals surface area contributed by atoms with Crippen molar-refractivity contribution in [3.63, 3.8) is 0 Å². The molecule has 9 heavy (non-hydrogen) atoms. The molecular weight excluding hydrogens is 128 g/mol. The van der Waals surface area contributed by atoms with Gasteiger partial charge in [-0.25, -0.2) is 8.78 Å². The predicted octanol–water partition coefficient (Wildman–Crippen LogP) is 0.789. The number of hydrogen-bond donors (Lipinski definition) is 0. The number of rotatable bonds is 0. The molecule has 1 rings (SSSR count). The standard InChI is InChI=1S/C5H3F2NO/c6-3-1-8-2-4(7)5(3)9/h1-3H. The van der Waals surface area contributed by atoms with E-state index in [9.17, 15) is 13.6 Å². The summed E-state index contributed by atoms with van der Waals surface area (Å²) in [6.45, 7) is 0. The van der Waals surface area contributed by atoms with Gasteiger partial charge in [0, 0.05) is 6.21 Å². The van der Waals surface area contributed by atoms with Gasteiger partial charge in [-0.1, -0.05) is 0 Å². The molecule has 0 aromatic heterocycles. The maximum absolute atomic E-state index is 12.0. The smallest absolute Gasteiger partial charge is 0.232 e. The Kier molecular flexibility index (Phi) is 1.38. The molecule has 0 fully saturated rings. The van der Waals surface area contributed by atoms with E-state index in [4.69, 9.17) is 0 Å². The summed E-state index contributed by atoms with van der Waals surface area (Å²) in [7, 11) is 0. The van der Waals surface area contributed by atoms with Crippen LogP contribution in [0.1, 0.15) is 0 Å². The average molecular weight is 131 g/mol. The SMILES string of the molecule is O=C1C(F)=CN=CC1F. The zero-order valence-corrected chi connectivity index (χ0v) is 4.34. The molecule has 0 saturated heterocycles. The molecule has 0 aromatic rings. The number of hydrogen-bond acceptors (Lipinski definition) is 2. The molecule has 0 amide bonds. The maximum Gasteiger partial charge on any atom is 0.232 e. The van der Waals surface area contributed by atoms with Gasteiger partial charge in [0.1, 0.15) is 0 Å². The molecule has 1 aliphatic heterocycles. The largest absolute Gasteiger partial charge is 0.288 e. The third-order valence-electron chi connectivity index (χ3n) is 0.891. The van der Waals surface area contributed by atoms with Crippen LogP contribution in [0.15, 0.2) is 17.0 Å². The highest BCUT2D eigenvalue weighted by molar-refractivity contribution is 6.08. The minimum absolute atomic E-state index is 0.693. The molecule has 0 aromatic carbocycles. The molecule has 0 saturated carbocycles. The Hall–Kier alpha value is -1.06. The molecule has 0 spiro atoms. The van der Waals surface area contributed by atoms with E-state index in [0.29, 0.717) is 6.20 Å². The fourth-order valence-electron chi connectivity index (χ4n) is 0.447. The quantitative estimate of drug-likeness (QED) is 0.477. The first-order valence-corrected chi connectivity index (χ1v) is 2.29. The zero-order chi connectivity index (χ0) is 6.85. The van der Waals surface area contributed by atoms with Crippen LogP contribution < -0.4 is 0 Å². The maximum atomic E-state index is 12.0. The van der Waals surface area contributed by atoms with Crippen LogP contribution >= 0.6 is 0 Å². The van der Waals surface area contributed by atoms with Crippen molar-refractivity contribution >= 4 is 12.0 Å². The normalized spacial score (nSPS) is 26.2. The number of halogens is 2. The Bertz CT molecular complexity index is 197. The minimum Gasteiger partial charge on any atom is -0.288 e. The van der Waals surface area contributed by atoms with Crippen molar-refractivity contribution in [3.05, 3.63) is 12.0 Å². The van der Waals surface area contributed by atoms with Crippen molar-refractivity contribution < 1.29 is 13.6 Å². The number of alkyl halides is 1. The lowest BCUT2D eigenvalue weighted by atomic mass is 10.2. The fourth-order valence-corrected chi connectivity index (χ4v) is 0.447. The summed E-state index contributed by atoms with van der Waals surface area (Å²) in [5.41, 5.74) is 0. The van der Waals surface area contributed by atoms with Gasteiger partial charge in [0.25, 0.3) is 0 Å². The van der Waals surface area contributed by atoms with Crippen LogP contribution in [0.25, 0.3) is 0 Å². The molecular formula is C5H3F2NO. The van der Waals surface area contributed by atoms with Crippen molar-refractivity contribution in [2.75, 3.05) is 0 Å². The van der Waals surface area contributed by atoms with Gasteiger partial charge in [-0.2, -0.15) is 0 Å². The number of nitrogens with zero attached hydrogens (tertiary/aromatic N) is 1. The van der Waals surface area contributed by atoms with Gasteiger partial charge in [0.2, 0.25) is 12.0 Å². The highest BCUT2D eigenvalue weighted by atomic mass is 19.1. The number of carbonyl (C=O) groups excluding carboxylic acids is 1. The Morgan fingerprint density at radius 1 is 1.67 bits per heavy atom. The van der Waals surface area contributed by atoms with Gasteiger partial charge < -0.3 is 0 Å². The van der Waals surface area contributed by atoms with Gasteiger partial charge in [0.05, 0.1) is 6.20 Å². The van der Waals surface area contributed by atoms with E-state index in [0.717, 1.165) is 6.21 Å². The number of carbonyl (C=O) groups is 1. The zero-order valence-electron chi connectivity index (χ0n) is 4.34. The lowest BCUT2D eigenvalue weighted by molar-refractivity contribution is -0.119. The van der Waals surface area contributed by atoms with Crippen molar-refractivity contribution in [2.45, 2.75) is 6.17 Å². The van der Waals surface area contributed by atoms with Gasteiger partial charge in [-0.3, -0.25) is 9.79 Å². The molecule has 0 radical (unpaired) electrons. The van der Waals surface area contributed by atoms with E-state index in [2.05, 4.69) is 4.99 Å². The minimum atomic E-state index is -1.89. The lowest BCUT2D eigenvalue weighted by Crippen LogP contribution is -2.19. The molecule has 0 aliphatic carbocycles. The highest BCUT2D eigenvalue weighted by Gasteiger charge is 2.21. The monoisotopic (exact) mass is 131 g/mol. The van der Waals surface area contributed by atoms with E-state index in [1.807, 2.05) is 0 Å². The summed E-state index contributed by atoms with van der Waals surface area (Å²) in [5, 5.41) is 0. The average Bonchev–Trinajstić information content (AvgIpc) is 1.83. The van der Waals surface area contributed by atoms with Gasteiger partial charge >= 0.3 is 0 Å². The first kappa shape index (κ1) is 6.07. The van der Waals surface area contributed by atoms with E-state index in [-0.39, 0.29) is 0 Å². The first-order chi connectivity index (χ1) is 4.22. The molecule has 2 nitrogen and oxygen atoms in total. The second-order valence-corrected chi connectivity index (χ2v) is 1.54. The van der Waals surface area contributed by atoms with Crippen LogP contribution in [0.3, 0.4) is 0 Å². The Labute approximate surface area is 49.9 Å². The summed E-state index contributed by atoms with van der Waals surface area (Å²) in [4.78, 5) is 13.3. The summed E-state index contributed by atoms with van der Waals surface area (Å²) in [5.74, 6) is -2.27. The molecule has 4 heteroatoms. The highest BCUT2D eigenvalue weighted by Crippen LogP contribution is 2.08. The van der Waals surface area contributed by atoms with E-state index >= 15 is 0 Å². The van der Waals surface area contributed by atoms with E-state index < -0.39 is 17.8 Å². The van der Waals surface area contributed by atoms with Gasteiger partial charge in [-0.15, -0.1) is 0 Å². The summed E-state index contributed by atoms with van der Waals surface area (Å²) >= 11 is 0. The molecule has 0 bridgehead atoms. The molecule has 1 atom stereocenters. The number of aliphatic imine (C=N–C) groups is 1. The first-order valence-electron chi connectivity index (χ1n) is 2.29. The second-order valence-electron chi connectivity index (χ2n) is 1.54. The summed E-state index contributed by atoms with van der Waals surface area (Å²) in [6, 6.07) is 0. The van der Waals surface area contributed by atoms with Crippen LogP contribution in [0.5, 0.6) is 0 Å². The number of Topliss-reactive ketones (excluding diaryl/α,β-unsaturated/α-hetero) is 1. The van der Waals surface area contributed by atoms with Crippen molar-refractivity contribution in [2.24, 2.45) is 4.99 Å².